The maximum absolute atomic E-state index is 12.3. The number of nitrogens with zero attached hydrogens (tertiary/aromatic N) is 1. The summed E-state index contributed by atoms with van der Waals surface area (Å²) < 4.78 is 0. The van der Waals surface area contributed by atoms with Gasteiger partial charge in [-0.1, -0.05) is 13.3 Å². The minimum atomic E-state index is -1.57. The summed E-state index contributed by atoms with van der Waals surface area (Å²) in [6, 6.07) is 5.15. The molecular weight excluding hydrogens is 434 g/mol. The second-order valence-corrected chi connectivity index (χ2v) is 7.62. The zero-order chi connectivity index (χ0) is 24.2. The summed E-state index contributed by atoms with van der Waals surface area (Å²) in [5.41, 5.74) is 4.09. The van der Waals surface area contributed by atoms with E-state index in [9.17, 15) is 29.4 Å². The summed E-state index contributed by atoms with van der Waals surface area (Å²) in [7, 11) is 0. The summed E-state index contributed by atoms with van der Waals surface area (Å²) in [4.78, 5) is 54.0. The molecule has 9 N–H and O–H groups in total. The van der Waals surface area contributed by atoms with Crippen molar-refractivity contribution in [3.63, 3.8) is 0 Å². The fourth-order valence-electron chi connectivity index (χ4n) is 3.34. The molecule has 1 aliphatic heterocycles. The number of carbonyl (C=O) groups excluding carboxylic acids is 1. The number of nitrogen functional groups attached to an aromatic ring is 1. The van der Waals surface area contributed by atoms with Crippen molar-refractivity contribution in [1.29, 1.82) is 0 Å². The molecule has 0 saturated carbocycles. The van der Waals surface area contributed by atoms with Crippen LogP contribution in [-0.4, -0.2) is 62.7 Å². The van der Waals surface area contributed by atoms with Gasteiger partial charge >= 0.3 is 11.9 Å². The molecule has 2 aromatic rings. The smallest absolute Gasteiger partial charge is 0.333 e. The third-order valence-corrected chi connectivity index (χ3v) is 5.19. The largest absolute Gasteiger partial charge is 0.480 e. The number of carboxylic acid groups (broad SMARTS) is 2. The first-order valence-corrected chi connectivity index (χ1v) is 10.2. The van der Waals surface area contributed by atoms with Crippen LogP contribution in [0.5, 0.6) is 0 Å². The average molecular weight is 459 g/mol. The highest BCUT2D eigenvalue weighted by Gasteiger charge is 2.43. The van der Waals surface area contributed by atoms with Gasteiger partial charge in [0.15, 0.2) is 11.4 Å². The first-order valence-electron chi connectivity index (χ1n) is 10.2. The fourth-order valence-corrected chi connectivity index (χ4v) is 3.34. The summed E-state index contributed by atoms with van der Waals surface area (Å²) in [6.07, 6.45) is 0.918. The molecule has 0 bridgehead atoms. The molecule has 2 atom stereocenters. The number of hydrogen-bond acceptors (Lipinski definition) is 9. The number of nitrogens with one attached hydrogen (secondary N) is 5. The molecule has 3 rings (SSSR count). The minimum absolute atomic E-state index is 0.0354. The van der Waals surface area contributed by atoms with Crippen molar-refractivity contribution < 1.29 is 24.6 Å². The standard InChI is InChI=1S/C20H25N7O6/c1-2-3-12(17(30)31)24-15(28)10-4-6-11(7-5-10)22-8-20(18(32)33)9-23-14-13(27-20)16(29)26-19(21)25-14/h4-7,12,22,27H,2-3,8-9H2,1H3,(H,24,28)(H,30,31)(H,32,33)(H4,21,23,25,26,29)/t12?,20-/m0/s1. The van der Waals surface area contributed by atoms with E-state index in [1.54, 1.807) is 12.1 Å². The first kappa shape index (κ1) is 23.4. The Balaban J connectivity index is 1.69. The van der Waals surface area contributed by atoms with Crippen molar-refractivity contribution in [2.45, 2.75) is 31.3 Å². The third-order valence-electron chi connectivity index (χ3n) is 5.19. The van der Waals surface area contributed by atoms with Gasteiger partial charge in [-0.2, -0.15) is 4.98 Å². The van der Waals surface area contributed by atoms with E-state index in [4.69, 9.17) is 5.73 Å². The lowest BCUT2D eigenvalue weighted by Crippen LogP contribution is -2.59. The molecule has 0 saturated heterocycles. The molecule has 0 aliphatic carbocycles. The lowest BCUT2D eigenvalue weighted by Gasteiger charge is -2.36. The van der Waals surface area contributed by atoms with Gasteiger partial charge in [-0.3, -0.25) is 14.6 Å². The SMILES string of the molecule is CCCC(NC(=O)c1ccc(NC[C@@]2(C(=O)O)CNc3nc(N)[nH]c(=O)c3N2)cc1)C(=O)O. The summed E-state index contributed by atoms with van der Waals surface area (Å²) in [5.74, 6) is -2.76. The molecule has 33 heavy (non-hydrogen) atoms. The van der Waals surface area contributed by atoms with Crippen LogP contribution in [0.3, 0.4) is 0 Å². The van der Waals surface area contributed by atoms with E-state index in [0.29, 0.717) is 18.5 Å². The molecule has 1 amide bonds. The second-order valence-electron chi connectivity index (χ2n) is 7.62. The monoisotopic (exact) mass is 459 g/mol. The number of fused-ring (bicyclic) bond motifs is 1. The number of rotatable bonds is 9. The van der Waals surface area contributed by atoms with Crippen LogP contribution in [-0.2, 0) is 9.59 Å². The van der Waals surface area contributed by atoms with E-state index < -0.39 is 35.0 Å². The Morgan fingerprint density at radius 1 is 1.24 bits per heavy atom. The van der Waals surface area contributed by atoms with Crippen LogP contribution in [0, 0.1) is 0 Å². The van der Waals surface area contributed by atoms with Crippen LogP contribution in [0.25, 0.3) is 0 Å². The molecule has 0 radical (unpaired) electrons. The second kappa shape index (κ2) is 9.46. The topological polar surface area (TPSA) is 212 Å². The molecule has 176 valence electrons. The van der Waals surface area contributed by atoms with Crippen LogP contribution >= 0.6 is 0 Å². The van der Waals surface area contributed by atoms with Crippen molar-refractivity contribution in [2.24, 2.45) is 0 Å². The van der Waals surface area contributed by atoms with Crippen LogP contribution in [0.2, 0.25) is 0 Å². The van der Waals surface area contributed by atoms with E-state index in [1.165, 1.54) is 12.1 Å². The Morgan fingerprint density at radius 2 is 1.94 bits per heavy atom. The first-order chi connectivity index (χ1) is 15.6. The number of benzene rings is 1. The summed E-state index contributed by atoms with van der Waals surface area (Å²) >= 11 is 0. The fraction of sp³-hybridized carbons (Fsp3) is 0.350. The number of aliphatic carboxylic acids is 2. The Bertz CT molecular complexity index is 1120. The van der Waals surface area contributed by atoms with E-state index in [-0.39, 0.29) is 36.1 Å². The lowest BCUT2D eigenvalue weighted by atomic mass is 9.96. The Kier molecular flexibility index (Phi) is 6.70. The van der Waals surface area contributed by atoms with Crippen LogP contribution in [0.1, 0.15) is 30.1 Å². The number of carbonyl (C=O) groups is 3. The van der Waals surface area contributed by atoms with Gasteiger partial charge in [0.2, 0.25) is 5.95 Å². The quantitative estimate of drug-likeness (QED) is 0.252. The number of aromatic amines is 1. The van der Waals surface area contributed by atoms with Gasteiger partial charge in [0.1, 0.15) is 11.7 Å². The predicted octanol–water partition coefficient (Wildman–Crippen LogP) is 0.108. The molecule has 0 fully saturated rings. The molecule has 1 aliphatic rings. The minimum Gasteiger partial charge on any atom is -0.480 e. The zero-order valence-electron chi connectivity index (χ0n) is 17.8. The highest BCUT2D eigenvalue weighted by atomic mass is 16.4. The Labute approximate surface area is 187 Å². The zero-order valence-corrected chi connectivity index (χ0v) is 17.8. The third kappa shape index (κ3) is 5.14. The number of H-pyrrole nitrogens is 1. The number of aromatic nitrogens is 2. The Morgan fingerprint density at radius 3 is 2.55 bits per heavy atom. The molecule has 13 heteroatoms. The van der Waals surface area contributed by atoms with Gasteiger partial charge in [-0.25, -0.2) is 9.59 Å². The highest BCUT2D eigenvalue weighted by molar-refractivity contribution is 5.97. The van der Waals surface area contributed by atoms with Crippen LogP contribution < -0.4 is 32.6 Å². The molecule has 13 nitrogen and oxygen atoms in total. The van der Waals surface area contributed by atoms with Crippen molar-refractivity contribution >= 4 is 41.0 Å². The van der Waals surface area contributed by atoms with E-state index in [1.807, 2.05) is 6.92 Å². The van der Waals surface area contributed by atoms with Gasteiger partial charge in [0.25, 0.3) is 11.5 Å². The molecule has 0 spiro atoms. The molecule has 1 aromatic carbocycles. The number of nitrogens with two attached hydrogens (primary N) is 1. The van der Waals surface area contributed by atoms with Gasteiger partial charge in [0.05, 0.1) is 13.1 Å². The van der Waals surface area contributed by atoms with E-state index in [0.717, 1.165) is 0 Å². The van der Waals surface area contributed by atoms with Gasteiger partial charge in [-0.05, 0) is 30.7 Å². The van der Waals surface area contributed by atoms with Crippen molar-refractivity contribution in [3.05, 3.63) is 40.2 Å². The van der Waals surface area contributed by atoms with Crippen molar-refractivity contribution in [1.82, 2.24) is 15.3 Å². The van der Waals surface area contributed by atoms with Crippen LogP contribution in [0.4, 0.5) is 23.1 Å². The highest BCUT2D eigenvalue weighted by Crippen LogP contribution is 2.26. The molecule has 1 aromatic heterocycles. The molecule has 2 heterocycles. The van der Waals surface area contributed by atoms with Crippen LogP contribution in [0.15, 0.2) is 29.1 Å². The molecular formula is C20H25N7O6. The lowest BCUT2D eigenvalue weighted by molar-refractivity contribution is -0.141. The number of anilines is 4. The molecule has 1 unspecified atom stereocenters. The average Bonchev–Trinajstić information content (AvgIpc) is 2.77. The number of amides is 1. The normalized spacial score (nSPS) is 17.6. The maximum Gasteiger partial charge on any atom is 0.333 e. The van der Waals surface area contributed by atoms with Crippen molar-refractivity contribution in [2.75, 3.05) is 34.8 Å². The number of hydrogen-bond donors (Lipinski definition) is 8. The van der Waals surface area contributed by atoms with E-state index >= 15 is 0 Å². The Hall–Kier alpha value is -4.29. The summed E-state index contributed by atoms with van der Waals surface area (Å²) in [5, 5.41) is 30.0. The number of carboxylic acids is 2. The maximum atomic E-state index is 12.3. The van der Waals surface area contributed by atoms with Gasteiger partial charge < -0.3 is 37.2 Å². The predicted molar refractivity (Wildman–Crippen MR) is 120 cm³/mol. The van der Waals surface area contributed by atoms with Gasteiger partial charge in [-0.15, -0.1) is 0 Å². The summed E-state index contributed by atoms with van der Waals surface area (Å²) in [6.45, 7) is 1.64. The van der Waals surface area contributed by atoms with Crippen molar-refractivity contribution in [3.8, 4) is 0 Å². The van der Waals surface area contributed by atoms with E-state index in [2.05, 4.69) is 31.2 Å². The van der Waals surface area contributed by atoms with Gasteiger partial charge in [0, 0.05) is 11.3 Å².